The number of methoxy groups -OCH3 is 1. The number of carbonyl (C=O) groups is 1. The lowest BCUT2D eigenvalue weighted by molar-refractivity contribution is -0.116. The van der Waals surface area contributed by atoms with E-state index in [-0.39, 0.29) is 12.5 Å². The van der Waals surface area contributed by atoms with E-state index in [1.165, 1.54) is 0 Å². The maximum Gasteiger partial charge on any atom is 0.244 e. The van der Waals surface area contributed by atoms with Gasteiger partial charge in [-0.15, -0.1) is 11.3 Å². The molecule has 5 nitrogen and oxygen atoms in total. The van der Waals surface area contributed by atoms with E-state index in [0.29, 0.717) is 0 Å². The molecule has 0 aliphatic rings. The van der Waals surface area contributed by atoms with E-state index in [4.69, 9.17) is 9.72 Å². The molecule has 0 saturated carbocycles. The molecule has 2 heterocycles. The van der Waals surface area contributed by atoms with Crippen LogP contribution in [0.4, 0.5) is 5.69 Å². The Morgan fingerprint density at radius 2 is 1.86 bits per heavy atom. The molecular weight excluding hydrogens is 370 g/mol. The van der Waals surface area contributed by atoms with Gasteiger partial charge in [-0.05, 0) is 36.4 Å². The number of aromatic nitrogens is 2. The van der Waals surface area contributed by atoms with Crippen molar-refractivity contribution in [2.75, 3.05) is 12.4 Å². The molecule has 0 spiro atoms. The van der Waals surface area contributed by atoms with Crippen molar-refractivity contribution in [3.63, 3.8) is 0 Å². The number of hydrogen-bond donors (Lipinski definition) is 1. The highest BCUT2D eigenvalue weighted by Gasteiger charge is 2.12. The highest BCUT2D eigenvalue weighted by molar-refractivity contribution is 7.13. The van der Waals surface area contributed by atoms with Crippen molar-refractivity contribution in [2.24, 2.45) is 0 Å². The Balaban J connectivity index is 1.48. The molecule has 0 saturated heterocycles. The van der Waals surface area contributed by atoms with Crippen LogP contribution in [0.1, 0.15) is 0 Å². The predicted molar refractivity (Wildman–Crippen MR) is 113 cm³/mol. The molecule has 28 heavy (non-hydrogen) atoms. The topological polar surface area (TPSA) is 56.1 Å². The van der Waals surface area contributed by atoms with E-state index in [1.807, 2.05) is 82.9 Å². The highest BCUT2D eigenvalue weighted by atomic mass is 32.1. The minimum Gasteiger partial charge on any atom is -0.497 e. The van der Waals surface area contributed by atoms with Gasteiger partial charge in [0.2, 0.25) is 5.91 Å². The zero-order chi connectivity index (χ0) is 19.3. The molecule has 0 radical (unpaired) electrons. The number of nitrogens with zero attached hydrogens (tertiary/aromatic N) is 2. The monoisotopic (exact) mass is 389 g/mol. The first-order valence-electron chi connectivity index (χ1n) is 8.83. The number of carbonyl (C=O) groups excluding carboxylic acids is 1. The van der Waals surface area contributed by atoms with Gasteiger partial charge in [-0.3, -0.25) is 4.79 Å². The fourth-order valence-corrected chi connectivity index (χ4v) is 3.78. The first-order valence-corrected chi connectivity index (χ1v) is 9.71. The van der Waals surface area contributed by atoms with Crippen LogP contribution < -0.4 is 10.1 Å². The van der Waals surface area contributed by atoms with E-state index in [1.54, 1.807) is 18.4 Å². The summed E-state index contributed by atoms with van der Waals surface area (Å²) < 4.78 is 7.04. The fourth-order valence-electron chi connectivity index (χ4n) is 2.91. The smallest absolute Gasteiger partial charge is 0.244 e. The van der Waals surface area contributed by atoms with E-state index in [0.717, 1.165) is 33.4 Å². The maximum absolute atomic E-state index is 12.5. The van der Waals surface area contributed by atoms with Crippen LogP contribution >= 0.6 is 11.3 Å². The number of ether oxygens (including phenoxy) is 1. The van der Waals surface area contributed by atoms with Gasteiger partial charge < -0.3 is 14.6 Å². The Labute approximate surface area is 167 Å². The number of thiazole rings is 1. The molecule has 0 fully saturated rings. The summed E-state index contributed by atoms with van der Waals surface area (Å²) in [5.41, 5.74) is 3.69. The third-order valence-corrected chi connectivity index (χ3v) is 5.17. The summed E-state index contributed by atoms with van der Waals surface area (Å²) in [5, 5.41) is 5.84. The zero-order valence-corrected chi connectivity index (χ0v) is 16.1. The van der Waals surface area contributed by atoms with Gasteiger partial charge in [0.1, 0.15) is 17.3 Å². The third-order valence-electron chi connectivity index (χ3n) is 4.31. The normalized spacial score (nSPS) is 10.6. The minimum absolute atomic E-state index is 0.0949. The molecule has 0 aliphatic carbocycles. The molecule has 4 aromatic rings. The second-order valence-electron chi connectivity index (χ2n) is 6.20. The molecule has 1 N–H and O–H groups in total. The average Bonchev–Trinajstić information content (AvgIpc) is 3.38. The molecule has 0 unspecified atom stereocenters. The summed E-state index contributed by atoms with van der Waals surface area (Å²) in [6.45, 7) is 0.217. The van der Waals surface area contributed by atoms with Crippen LogP contribution in [0.5, 0.6) is 5.75 Å². The van der Waals surface area contributed by atoms with Gasteiger partial charge in [0.15, 0.2) is 0 Å². The van der Waals surface area contributed by atoms with Gasteiger partial charge in [-0.25, -0.2) is 4.98 Å². The molecule has 6 heteroatoms. The van der Waals surface area contributed by atoms with Crippen LogP contribution in [0, 0.1) is 0 Å². The lowest BCUT2D eigenvalue weighted by Gasteiger charge is -2.09. The fraction of sp³-hybridized carbons (Fsp3) is 0.0909. The Morgan fingerprint density at radius 1 is 1.07 bits per heavy atom. The van der Waals surface area contributed by atoms with E-state index in [9.17, 15) is 4.79 Å². The Morgan fingerprint density at radius 3 is 2.61 bits per heavy atom. The quantitative estimate of drug-likeness (QED) is 0.509. The molecule has 1 amide bonds. The van der Waals surface area contributed by atoms with E-state index < -0.39 is 0 Å². The van der Waals surface area contributed by atoms with Gasteiger partial charge >= 0.3 is 0 Å². The third kappa shape index (κ3) is 3.97. The van der Waals surface area contributed by atoms with Crippen molar-refractivity contribution in [1.29, 1.82) is 0 Å². The first-order chi connectivity index (χ1) is 13.7. The lowest BCUT2D eigenvalue weighted by Crippen LogP contribution is -2.18. The molecule has 4 rings (SSSR count). The van der Waals surface area contributed by atoms with Crippen LogP contribution in [0.3, 0.4) is 0 Å². The van der Waals surface area contributed by atoms with Crippen LogP contribution in [-0.4, -0.2) is 22.6 Å². The van der Waals surface area contributed by atoms with E-state index in [2.05, 4.69) is 5.32 Å². The van der Waals surface area contributed by atoms with Crippen molar-refractivity contribution in [2.45, 2.75) is 6.54 Å². The largest absolute Gasteiger partial charge is 0.497 e. The number of rotatable bonds is 6. The van der Waals surface area contributed by atoms with Gasteiger partial charge in [0.05, 0.1) is 18.5 Å². The summed E-state index contributed by atoms with van der Waals surface area (Å²) in [5.74, 6) is 0.658. The summed E-state index contributed by atoms with van der Waals surface area (Å²) in [6.07, 6.45) is 1.90. The highest BCUT2D eigenvalue weighted by Crippen LogP contribution is 2.29. The Kier molecular flexibility index (Phi) is 5.21. The average molecular weight is 389 g/mol. The number of nitrogens with one attached hydrogen (secondary N) is 1. The van der Waals surface area contributed by atoms with Gasteiger partial charge in [0.25, 0.3) is 0 Å². The van der Waals surface area contributed by atoms with Crippen LogP contribution in [0.2, 0.25) is 0 Å². The summed E-state index contributed by atoms with van der Waals surface area (Å²) in [4.78, 5) is 17.2. The summed E-state index contributed by atoms with van der Waals surface area (Å²) >= 11 is 1.57. The van der Waals surface area contributed by atoms with Crippen molar-refractivity contribution >= 4 is 22.9 Å². The van der Waals surface area contributed by atoms with Crippen LogP contribution in [0.25, 0.3) is 22.0 Å². The summed E-state index contributed by atoms with van der Waals surface area (Å²) in [7, 11) is 1.61. The zero-order valence-electron chi connectivity index (χ0n) is 15.3. The molecule has 0 atom stereocenters. The first kappa shape index (κ1) is 18.0. The molecule has 0 bridgehead atoms. The van der Waals surface area contributed by atoms with Crippen LogP contribution in [-0.2, 0) is 11.3 Å². The molecule has 0 aliphatic heterocycles. The summed E-state index contributed by atoms with van der Waals surface area (Å²) in [6, 6.07) is 21.3. The number of benzene rings is 2. The maximum atomic E-state index is 12.5. The standard InChI is InChI=1S/C22H19N3O2S/c1-27-18-11-9-17(10-12-18)23-21(26)14-25-13-5-8-20(25)22-24-19(15-28-22)16-6-3-2-4-7-16/h2-13,15H,14H2,1H3,(H,23,26). The lowest BCUT2D eigenvalue weighted by atomic mass is 10.2. The number of anilines is 1. The van der Waals surface area contributed by atoms with Crippen LogP contribution in [0.15, 0.2) is 78.3 Å². The predicted octanol–water partition coefficient (Wildman–Crippen LogP) is 4.93. The minimum atomic E-state index is -0.0949. The van der Waals surface area contributed by atoms with Crippen molar-refractivity contribution in [3.8, 4) is 27.7 Å². The van der Waals surface area contributed by atoms with Gasteiger partial charge in [0, 0.05) is 22.8 Å². The number of amides is 1. The molecule has 2 aromatic carbocycles. The second kappa shape index (κ2) is 8.10. The van der Waals surface area contributed by atoms with Gasteiger partial charge in [-0.2, -0.15) is 0 Å². The Bertz CT molecular complexity index is 1070. The SMILES string of the molecule is COc1ccc(NC(=O)Cn2cccc2-c2nc(-c3ccccc3)cs2)cc1. The van der Waals surface area contributed by atoms with Crippen molar-refractivity contribution in [1.82, 2.24) is 9.55 Å². The van der Waals surface area contributed by atoms with Crippen molar-refractivity contribution < 1.29 is 9.53 Å². The molecule has 2 aromatic heterocycles. The second-order valence-corrected chi connectivity index (χ2v) is 7.06. The number of hydrogen-bond acceptors (Lipinski definition) is 4. The van der Waals surface area contributed by atoms with Gasteiger partial charge in [-0.1, -0.05) is 30.3 Å². The Hall–Kier alpha value is -3.38. The molecular formula is C22H19N3O2S. The molecule has 140 valence electrons. The van der Waals surface area contributed by atoms with Crippen molar-refractivity contribution in [3.05, 3.63) is 78.3 Å². The van der Waals surface area contributed by atoms with E-state index >= 15 is 0 Å².